The van der Waals surface area contributed by atoms with Gasteiger partial charge >= 0.3 is 0 Å². The number of nitrogens with one attached hydrogen (secondary N) is 1. The number of aryl methyl sites for hydroxylation is 1. The molecule has 20 heavy (non-hydrogen) atoms. The number of sulfone groups is 1. The molecular formula is C12H20N2O4S2. The van der Waals surface area contributed by atoms with E-state index < -0.39 is 25.9 Å². The van der Waals surface area contributed by atoms with Gasteiger partial charge in [-0.1, -0.05) is 0 Å². The molecule has 0 saturated carbocycles. The summed E-state index contributed by atoms with van der Waals surface area (Å²) < 4.78 is 49.3. The number of nitrogens with two attached hydrogens (primary N) is 1. The molecule has 1 unspecified atom stereocenters. The maximum Gasteiger partial charge on any atom is 0.241 e. The van der Waals surface area contributed by atoms with Gasteiger partial charge in [-0.25, -0.2) is 21.6 Å². The van der Waals surface area contributed by atoms with Crippen LogP contribution in [0, 0.1) is 13.8 Å². The molecule has 0 bridgehead atoms. The van der Waals surface area contributed by atoms with Crippen LogP contribution < -0.4 is 10.5 Å². The van der Waals surface area contributed by atoms with E-state index in [1.807, 2.05) is 0 Å². The molecule has 0 heterocycles. The third kappa shape index (κ3) is 4.46. The van der Waals surface area contributed by atoms with Crippen molar-refractivity contribution in [2.24, 2.45) is 0 Å². The third-order valence-electron chi connectivity index (χ3n) is 2.74. The molecule has 0 fully saturated rings. The number of nitrogen functional groups attached to an aromatic ring is 1. The molecule has 114 valence electrons. The summed E-state index contributed by atoms with van der Waals surface area (Å²) in [4.78, 5) is 0.0790. The van der Waals surface area contributed by atoms with Crippen molar-refractivity contribution in [3.63, 3.8) is 0 Å². The molecule has 0 aliphatic heterocycles. The lowest BCUT2D eigenvalue weighted by molar-refractivity contribution is 0.564. The lowest BCUT2D eigenvalue weighted by Gasteiger charge is -2.16. The molecule has 1 atom stereocenters. The van der Waals surface area contributed by atoms with E-state index in [1.54, 1.807) is 19.9 Å². The summed E-state index contributed by atoms with van der Waals surface area (Å²) in [6, 6.07) is 2.49. The van der Waals surface area contributed by atoms with Crippen molar-refractivity contribution >= 4 is 25.5 Å². The highest BCUT2D eigenvalue weighted by molar-refractivity contribution is 7.91. The fourth-order valence-electron chi connectivity index (χ4n) is 1.95. The Morgan fingerprint density at radius 1 is 1.20 bits per heavy atom. The molecule has 0 amide bonds. The van der Waals surface area contributed by atoms with Crippen LogP contribution in [0.5, 0.6) is 0 Å². The summed E-state index contributed by atoms with van der Waals surface area (Å²) in [5, 5.41) is 0. The van der Waals surface area contributed by atoms with Gasteiger partial charge in [0.1, 0.15) is 9.84 Å². The van der Waals surface area contributed by atoms with Crippen molar-refractivity contribution in [2.45, 2.75) is 31.7 Å². The molecule has 0 aliphatic carbocycles. The largest absolute Gasteiger partial charge is 0.398 e. The predicted molar refractivity (Wildman–Crippen MR) is 79.8 cm³/mol. The Morgan fingerprint density at radius 2 is 1.75 bits per heavy atom. The minimum Gasteiger partial charge on any atom is -0.398 e. The van der Waals surface area contributed by atoms with Crippen LogP contribution in [0.3, 0.4) is 0 Å². The van der Waals surface area contributed by atoms with Crippen LogP contribution in [0.2, 0.25) is 0 Å². The molecule has 1 rings (SSSR count). The maximum atomic E-state index is 12.3. The summed E-state index contributed by atoms with van der Waals surface area (Å²) in [7, 11) is -7.06. The van der Waals surface area contributed by atoms with E-state index in [1.165, 1.54) is 13.0 Å². The van der Waals surface area contributed by atoms with Gasteiger partial charge in [0.25, 0.3) is 0 Å². The molecule has 0 radical (unpaired) electrons. The number of sulfonamides is 1. The minimum atomic E-state index is -3.80. The van der Waals surface area contributed by atoms with E-state index in [-0.39, 0.29) is 10.6 Å². The molecule has 0 aliphatic rings. The first-order chi connectivity index (χ1) is 8.92. The Balaban J connectivity index is 3.13. The van der Waals surface area contributed by atoms with E-state index in [2.05, 4.69) is 4.72 Å². The molecule has 0 saturated heterocycles. The van der Waals surface area contributed by atoms with Crippen LogP contribution >= 0.6 is 0 Å². The van der Waals surface area contributed by atoms with E-state index in [0.29, 0.717) is 11.3 Å². The van der Waals surface area contributed by atoms with E-state index in [4.69, 9.17) is 5.73 Å². The molecular weight excluding hydrogens is 300 g/mol. The zero-order chi connectivity index (χ0) is 15.7. The van der Waals surface area contributed by atoms with E-state index in [9.17, 15) is 16.8 Å². The van der Waals surface area contributed by atoms with Crippen molar-refractivity contribution < 1.29 is 16.8 Å². The number of anilines is 1. The normalized spacial score (nSPS) is 14.2. The third-order valence-corrected chi connectivity index (χ3v) is 5.56. The summed E-state index contributed by atoms with van der Waals surface area (Å²) in [6.07, 6.45) is 1.06. The average Bonchev–Trinajstić information content (AvgIpc) is 2.19. The van der Waals surface area contributed by atoms with Gasteiger partial charge in [0, 0.05) is 18.0 Å². The molecule has 3 N–H and O–H groups in total. The van der Waals surface area contributed by atoms with E-state index in [0.717, 1.165) is 11.8 Å². The van der Waals surface area contributed by atoms with Crippen LogP contribution in [0.25, 0.3) is 0 Å². The van der Waals surface area contributed by atoms with Crippen LogP contribution in [0.15, 0.2) is 17.0 Å². The Bertz CT molecular complexity index is 709. The van der Waals surface area contributed by atoms with Crippen molar-refractivity contribution in [1.29, 1.82) is 0 Å². The first kappa shape index (κ1) is 16.9. The number of hydrogen-bond acceptors (Lipinski definition) is 5. The summed E-state index contributed by atoms with van der Waals surface area (Å²) in [5.41, 5.74) is 7.33. The zero-order valence-electron chi connectivity index (χ0n) is 12.0. The second kappa shape index (κ2) is 5.71. The van der Waals surface area contributed by atoms with Gasteiger partial charge in [0.15, 0.2) is 0 Å². The quantitative estimate of drug-likeness (QED) is 0.773. The Hall–Kier alpha value is -1.12. The molecule has 0 aromatic heterocycles. The van der Waals surface area contributed by atoms with Crippen molar-refractivity contribution in [2.75, 3.05) is 17.7 Å². The molecule has 8 heteroatoms. The fourth-order valence-corrected chi connectivity index (χ4v) is 4.65. The van der Waals surface area contributed by atoms with Crippen LogP contribution in [0.1, 0.15) is 18.1 Å². The van der Waals surface area contributed by atoms with Crippen LogP contribution in [-0.2, 0) is 19.9 Å². The van der Waals surface area contributed by atoms with Gasteiger partial charge in [-0.3, -0.25) is 0 Å². The minimum absolute atomic E-state index is 0.0790. The first-order valence-corrected chi connectivity index (χ1v) is 9.53. The number of rotatable bonds is 5. The summed E-state index contributed by atoms with van der Waals surface area (Å²) >= 11 is 0. The van der Waals surface area contributed by atoms with Crippen LogP contribution in [-0.4, -0.2) is 34.9 Å². The Kier molecular flexibility index (Phi) is 4.83. The lowest BCUT2D eigenvalue weighted by Crippen LogP contribution is -2.37. The maximum absolute atomic E-state index is 12.3. The second-order valence-corrected chi connectivity index (χ2v) is 8.96. The molecule has 1 aromatic carbocycles. The fraction of sp³-hybridized carbons (Fsp3) is 0.500. The van der Waals surface area contributed by atoms with Gasteiger partial charge in [0.05, 0.1) is 10.6 Å². The van der Waals surface area contributed by atoms with Gasteiger partial charge in [0.2, 0.25) is 10.0 Å². The van der Waals surface area contributed by atoms with Crippen molar-refractivity contribution in [1.82, 2.24) is 4.72 Å². The summed E-state index contributed by atoms with van der Waals surface area (Å²) in [5.74, 6) is -0.257. The molecule has 1 aromatic rings. The predicted octanol–water partition coefficient (Wildman–Crippen LogP) is 0.597. The van der Waals surface area contributed by atoms with Gasteiger partial charge in [-0.2, -0.15) is 0 Å². The highest BCUT2D eigenvalue weighted by Gasteiger charge is 2.22. The number of hydrogen-bond donors (Lipinski definition) is 2. The average molecular weight is 320 g/mol. The smallest absolute Gasteiger partial charge is 0.241 e. The Morgan fingerprint density at radius 3 is 2.25 bits per heavy atom. The monoisotopic (exact) mass is 320 g/mol. The van der Waals surface area contributed by atoms with Gasteiger partial charge in [-0.15, -0.1) is 0 Å². The van der Waals surface area contributed by atoms with Gasteiger partial charge in [-0.05, 0) is 44.0 Å². The van der Waals surface area contributed by atoms with Gasteiger partial charge < -0.3 is 5.73 Å². The molecule has 0 spiro atoms. The van der Waals surface area contributed by atoms with Crippen molar-refractivity contribution in [3.05, 3.63) is 23.3 Å². The molecule has 6 nitrogen and oxygen atoms in total. The highest BCUT2D eigenvalue weighted by Crippen LogP contribution is 2.23. The van der Waals surface area contributed by atoms with Crippen LogP contribution in [0.4, 0.5) is 5.69 Å². The SMILES string of the molecule is Cc1cc(N)c(C)c(S(=O)(=O)NC(C)CS(C)(=O)=O)c1. The zero-order valence-corrected chi connectivity index (χ0v) is 13.6. The van der Waals surface area contributed by atoms with E-state index >= 15 is 0 Å². The topological polar surface area (TPSA) is 106 Å². The summed E-state index contributed by atoms with van der Waals surface area (Å²) in [6.45, 7) is 4.87. The Labute approximate surface area is 120 Å². The first-order valence-electron chi connectivity index (χ1n) is 5.99. The standard InChI is InChI=1S/C12H20N2O4S2/c1-8-5-11(13)10(3)12(6-8)20(17,18)14-9(2)7-19(4,15)16/h5-6,9,14H,7,13H2,1-4H3. The second-order valence-electron chi connectivity index (χ2n) is 5.09. The highest BCUT2D eigenvalue weighted by atomic mass is 32.2. The van der Waals surface area contributed by atoms with Crippen molar-refractivity contribution in [3.8, 4) is 0 Å². The lowest BCUT2D eigenvalue weighted by atomic mass is 10.1. The number of benzene rings is 1.